The molecular formula is C23H18N4O3. The molecule has 0 aliphatic rings. The highest BCUT2D eigenvalue weighted by atomic mass is 16.5. The molecule has 0 aliphatic carbocycles. The Labute approximate surface area is 173 Å². The number of benzene rings is 1. The molecular weight excluding hydrogens is 380 g/mol. The molecule has 1 amide bonds. The average molecular weight is 398 g/mol. The fraction of sp³-hybridized carbons (Fsp3) is 0.0870. The van der Waals surface area contributed by atoms with Gasteiger partial charge in [-0.05, 0) is 42.8 Å². The van der Waals surface area contributed by atoms with Crippen molar-refractivity contribution in [3.05, 3.63) is 95.6 Å². The molecule has 0 spiro atoms. The third-order valence-corrected chi connectivity index (χ3v) is 4.46. The van der Waals surface area contributed by atoms with Gasteiger partial charge < -0.3 is 14.5 Å². The first-order chi connectivity index (χ1) is 14.7. The summed E-state index contributed by atoms with van der Waals surface area (Å²) in [5, 5.41) is 12.4. The van der Waals surface area contributed by atoms with Crippen molar-refractivity contribution in [1.29, 1.82) is 5.26 Å². The van der Waals surface area contributed by atoms with E-state index >= 15 is 0 Å². The Morgan fingerprint density at radius 1 is 1.20 bits per heavy atom. The Balaban J connectivity index is 1.49. The minimum atomic E-state index is -0.381. The molecule has 0 unspecified atom stereocenters. The molecule has 0 aliphatic heterocycles. The molecule has 7 heteroatoms. The van der Waals surface area contributed by atoms with Gasteiger partial charge in [-0.3, -0.25) is 9.36 Å². The summed E-state index contributed by atoms with van der Waals surface area (Å²) < 4.78 is 13.1. The number of aryl methyl sites for hydroxylation is 1. The van der Waals surface area contributed by atoms with Crippen molar-refractivity contribution >= 4 is 5.91 Å². The lowest BCUT2D eigenvalue weighted by Crippen LogP contribution is -2.24. The number of nitriles is 1. The maximum absolute atomic E-state index is 12.8. The molecule has 148 valence electrons. The SMILES string of the molecule is Cc1oc(-n2cccc2)c(C#N)c1C(=O)NCc1ccnc(Oc2ccccc2)c1. The summed E-state index contributed by atoms with van der Waals surface area (Å²) in [6.07, 6.45) is 5.13. The second-order valence-corrected chi connectivity index (χ2v) is 6.52. The highest BCUT2D eigenvalue weighted by Crippen LogP contribution is 2.25. The maximum Gasteiger partial charge on any atom is 0.256 e. The van der Waals surface area contributed by atoms with Crippen LogP contribution in [0.25, 0.3) is 5.88 Å². The van der Waals surface area contributed by atoms with Crippen LogP contribution >= 0.6 is 0 Å². The molecule has 0 fully saturated rings. The third-order valence-electron chi connectivity index (χ3n) is 4.46. The van der Waals surface area contributed by atoms with Crippen LogP contribution in [-0.4, -0.2) is 15.5 Å². The summed E-state index contributed by atoms with van der Waals surface area (Å²) in [6, 6.07) is 18.6. The van der Waals surface area contributed by atoms with E-state index in [9.17, 15) is 10.1 Å². The number of pyridine rings is 1. The number of hydrogen-bond donors (Lipinski definition) is 1. The molecule has 7 nitrogen and oxygen atoms in total. The number of aromatic nitrogens is 2. The lowest BCUT2D eigenvalue weighted by molar-refractivity contribution is 0.0949. The normalized spacial score (nSPS) is 10.4. The Hall–Kier alpha value is -4.31. The zero-order chi connectivity index (χ0) is 20.9. The van der Waals surface area contributed by atoms with Gasteiger partial charge in [0.25, 0.3) is 5.91 Å². The topological polar surface area (TPSA) is 93.1 Å². The lowest BCUT2D eigenvalue weighted by atomic mass is 10.1. The van der Waals surface area contributed by atoms with E-state index in [1.54, 1.807) is 42.2 Å². The minimum absolute atomic E-state index is 0.198. The predicted molar refractivity (Wildman–Crippen MR) is 109 cm³/mol. The van der Waals surface area contributed by atoms with Gasteiger partial charge in [0.05, 0.1) is 0 Å². The number of amides is 1. The molecule has 4 aromatic rings. The summed E-state index contributed by atoms with van der Waals surface area (Å²) in [4.78, 5) is 17.0. The second-order valence-electron chi connectivity index (χ2n) is 6.52. The van der Waals surface area contributed by atoms with Crippen LogP contribution in [0.15, 0.2) is 77.6 Å². The third kappa shape index (κ3) is 3.93. The number of carbonyl (C=O) groups is 1. The van der Waals surface area contributed by atoms with E-state index in [0.29, 0.717) is 23.3 Å². The Kier molecular flexibility index (Phi) is 5.31. The number of furan rings is 1. The lowest BCUT2D eigenvalue weighted by Gasteiger charge is -2.08. The van der Waals surface area contributed by atoms with Crippen LogP contribution in [0.5, 0.6) is 11.6 Å². The maximum atomic E-state index is 12.8. The first kappa shape index (κ1) is 19.0. The number of ether oxygens (including phenoxy) is 1. The highest BCUT2D eigenvalue weighted by molar-refractivity contribution is 5.98. The minimum Gasteiger partial charge on any atom is -0.443 e. The van der Waals surface area contributed by atoms with Crippen molar-refractivity contribution in [2.24, 2.45) is 0 Å². The van der Waals surface area contributed by atoms with Crippen molar-refractivity contribution in [2.45, 2.75) is 13.5 Å². The van der Waals surface area contributed by atoms with Gasteiger partial charge in [0, 0.05) is 31.2 Å². The molecule has 0 saturated heterocycles. The largest absolute Gasteiger partial charge is 0.443 e. The molecule has 1 aromatic carbocycles. The quantitative estimate of drug-likeness (QED) is 0.521. The van der Waals surface area contributed by atoms with E-state index in [2.05, 4.69) is 16.4 Å². The van der Waals surface area contributed by atoms with Gasteiger partial charge in [-0.2, -0.15) is 5.26 Å². The smallest absolute Gasteiger partial charge is 0.256 e. The van der Waals surface area contributed by atoms with Crippen LogP contribution in [0, 0.1) is 18.3 Å². The van der Waals surface area contributed by atoms with E-state index in [-0.39, 0.29) is 23.6 Å². The van der Waals surface area contributed by atoms with Gasteiger partial charge in [-0.15, -0.1) is 0 Å². The molecule has 0 radical (unpaired) electrons. The fourth-order valence-electron chi connectivity index (χ4n) is 3.06. The zero-order valence-corrected chi connectivity index (χ0v) is 16.2. The zero-order valence-electron chi connectivity index (χ0n) is 16.2. The van der Waals surface area contributed by atoms with Crippen LogP contribution in [-0.2, 0) is 6.54 Å². The Bertz CT molecular complexity index is 1210. The first-order valence-corrected chi connectivity index (χ1v) is 9.28. The molecule has 30 heavy (non-hydrogen) atoms. The molecule has 0 bridgehead atoms. The van der Waals surface area contributed by atoms with Crippen LogP contribution in [0.4, 0.5) is 0 Å². The van der Waals surface area contributed by atoms with Gasteiger partial charge in [0.1, 0.15) is 28.7 Å². The van der Waals surface area contributed by atoms with Crippen molar-refractivity contribution in [3.63, 3.8) is 0 Å². The number of para-hydroxylation sites is 1. The molecule has 3 heterocycles. The molecule has 3 aromatic heterocycles. The van der Waals surface area contributed by atoms with E-state index in [1.165, 1.54) is 0 Å². The van der Waals surface area contributed by atoms with Gasteiger partial charge >= 0.3 is 0 Å². The van der Waals surface area contributed by atoms with Crippen LogP contribution in [0.3, 0.4) is 0 Å². The second kappa shape index (κ2) is 8.37. The van der Waals surface area contributed by atoms with Crippen LogP contribution in [0.2, 0.25) is 0 Å². The summed E-state index contributed by atoms with van der Waals surface area (Å²) >= 11 is 0. The van der Waals surface area contributed by atoms with Crippen molar-refractivity contribution < 1.29 is 13.9 Å². The Morgan fingerprint density at radius 2 is 1.97 bits per heavy atom. The number of hydrogen-bond acceptors (Lipinski definition) is 5. The standard InChI is InChI=1S/C23H18N4O3/c1-16-21(19(14-24)23(29-16)27-11-5-6-12-27)22(28)26-15-17-9-10-25-20(13-17)30-18-7-3-2-4-8-18/h2-13H,15H2,1H3,(H,26,28). The van der Waals surface area contributed by atoms with Gasteiger partial charge in [-0.25, -0.2) is 4.98 Å². The monoisotopic (exact) mass is 398 g/mol. The Morgan fingerprint density at radius 3 is 2.70 bits per heavy atom. The van der Waals surface area contributed by atoms with Crippen molar-refractivity contribution in [2.75, 3.05) is 0 Å². The molecule has 0 saturated carbocycles. The summed E-state index contributed by atoms with van der Waals surface area (Å²) in [7, 11) is 0. The van der Waals surface area contributed by atoms with Crippen LogP contribution in [0.1, 0.15) is 27.2 Å². The van der Waals surface area contributed by atoms with Crippen molar-refractivity contribution in [3.8, 4) is 23.6 Å². The van der Waals surface area contributed by atoms with E-state index in [1.807, 2.05) is 42.5 Å². The van der Waals surface area contributed by atoms with E-state index < -0.39 is 0 Å². The highest BCUT2D eigenvalue weighted by Gasteiger charge is 2.24. The number of rotatable bonds is 6. The molecule has 0 atom stereocenters. The van der Waals surface area contributed by atoms with Gasteiger partial charge in [0.15, 0.2) is 0 Å². The molecule has 4 rings (SSSR count). The first-order valence-electron chi connectivity index (χ1n) is 9.28. The predicted octanol–water partition coefficient (Wildman–Crippen LogP) is 4.37. The number of carbonyl (C=O) groups excluding carboxylic acids is 1. The van der Waals surface area contributed by atoms with Crippen molar-refractivity contribution in [1.82, 2.24) is 14.9 Å². The van der Waals surface area contributed by atoms with E-state index in [0.717, 1.165) is 5.56 Å². The fourth-order valence-corrected chi connectivity index (χ4v) is 3.06. The summed E-state index contributed by atoms with van der Waals surface area (Å²) in [5.74, 6) is 1.44. The summed E-state index contributed by atoms with van der Waals surface area (Å²) in [5.41, 5.74) is 1.25. The molecule has 1 N–H and O–H groups in total. The average Bonchev–Trinajstić information content (AvgIpc) is 3.40. The van der Waals surface area contributed by atoms with Gasteiger partial charge in [0.2, 0.25) is 11.8 Å². The van der Waals surface area contributed by atoms with Gasteiger partial charge in [-0.1, -0.05) is 18.2 Å². The summed E-state index contributed by atoms with van der Waals surface area (Å²) in [6.45, 7) is 1.92. The van der Waals surface area contributed by atoms with Crippen LogP contribution < -0.4 is 10.1 Å². The number of nitrogens with one attached hydrogen (secondary N) is 1. The van der Waals surface area contributed by atoms with E-state index in [4.69, 9.17) is 9.15 Å². The number of nitrogens with zero attached hydrogens (tertiary/aromatic N) is 3.